The molecule has 0 bridgehead atoms. The molecule has 5 nitrogen and oxygen atoms in total. The molecular weight excluding hydrogens is 262 g/mol. The highest BCUT2D eigenvalue weighted by atomic mass is 32.2. The molecule has 100 valence electrons. The fraction of sp³-hybridized carbons (Fsp3) is 0.0769. The van der Waals surface area contributed by atoms with Crippen LogP contribution < -0.4 is 16.2 Å². The van der Waals surface area contributed by atoms with Crippen LogP contribution in [0.3, 0.4) is 0 Å². The summed E-state index contributed by atoms with van der Waals surface area (Å²) >= 11 is 0. The Morgan fingerprint density at radius 3 is 2.47 bits per heavy atom. The van der Waals surface area contributed by atoms with Gasteiger partial charge in [0.2, 0.25) is 10.0 Å². The van der Waals surface area contributed by atoms with Crippen molar-refractivity contribution >= 4 is 21.4 Å². The Morgan fingerprint density at radius 2 is 1.79 bits per heavy atom. The first-order chi connectivity index (χ1) is 8.97. The van der Waals surface area contributed by atoms with Crippen LogP contribution in [-0.4, -0.2) is 8.42 Å². The van der Waals surface area contributed by atoms with Crippen LogP contribution in [-0.2, 0) is 16.6 Å². The van der Waals surface area contributed by atoms with Crippen molar-refractivity contribution in [3.8, 4) is 0 Å². The number of nitrogens with one attached hydrogen (secondary N) is 1. The number of benzene rings is 2. The molecule has 0 saturated carbocycles. The fourth-order valence-corrected chi connectivity index (χ4v) is 2.48. The van der Waals surface area contributed by atoms with E-state index in [1.54, 1.807) is 24.3 Å². The zero-order chi connectivity index (χ0) is 13.9. The van der Waals surface area contributed by atoms with Gasteiger partial charge in [0.05, 0.1) is 5.69 Å². The van der Waals surface area contributed by atoms with Gasteiger partial charge in [0.1, 0.15) is 4.90 Å². The number of nitrogens with two attached hydrogens (primary N) is 2. The van der Waals surface area contributed by atoms with Gasteiger partial charge < -0.3 is 11.1 Å². The van der Waals surface area contributed by atoms with Crippen molar-refractivity contribution in [1.29, 1.82) is 0 Å². The van der Waals surface area contributed by atoms with Crippen LogP contribution in [0.2, 0.25) is 0 Å². The van der Waals surface area contributed by atoms with Crippen molar-refractivity contribution in [2.45, 2.75) is 11.4 Å². The molecule has 5 N–H and O–H groups in total. The van der Waals surface area contributed by atoms with Gasteiger partial charge >= 0.3 is 0 Å². The lowest BCUT2D eigenvalue weighted by atomic mass is 10.2. The summed E-state index contributed by atoms with van der Waals surface area (Å²) in [6, 6.07) is 13.9. The van der Waals surface area contributed by atoms with Crippen molar-refractivity contribution < 1.29 is 8.42 Å². The van der Waals surface area contributed by atoms with Crippen LogP contribution in [0.4, 0.5) is 11.4 Å². The second kappa shape index (κ2) is 5.29. The normalized spacial score (nSPS) is 11.2. The molecule has 0 amide bonds. The number of para-hydroxylation sites is 1. The molecule has 0 saturated heterocycles. The summed E-state index contributed by atoms with van der Waals surface area (Å²) < 4.78 is 22.9. The van der Waals surface area contributed by atoms with Crippen LogP contribution in [0.1, 0.15) is 5.56 Å². The Kier molecular flexibility index (Phi) is 3.73. The van der Waals surface area contributed by atoms with Gasteiger partial charge in [0, 0.05) is 12.2 Å². The van der Waals surface area contributed by atoms with E-state index in [1.165, 1.54) is 6.07 Å². The Bertz CT molecular complexity index is 684. The molecule has 0 radical (unpaired) electrons. The summed E-state index contributed by atoms with van der Waals surface area (Å²) in [5, 5.41) is 8.21. The molecule has 0 aliphatic heterocycles. The van der Waals surface area contributed by atoms with Crippen molar-refractivity contribution in [1.82, 2.24) is 0 Å². The highest BCUT2D eigenvalue weighted by molar-refractivity contribution is 7.89. The molecule has 2 aromatic rings. The maximum absolute atomic E-state index is 11.4. The Labute approximate surface area is 112 Å². The van der Waals surface area contributed by atoms with Gasteiger partial charge in [-0.25, -0.2) is 13.6 Å². The minimum atomic E-state index is -3.73. The molecule has 0 fully saturated rings. The van der Waals surface area contributed by atoms with Gasteiger partial charge in [-0.2, -0.15) is 0 Å². The van der Waals surface area contributed by atoms with Crippen molar-refractivity contribution in [2.75, 3.05) is 11.1 Å². The number of sulfonamides is 1. The summed E-state index contributed by atoms with van der Waals surface area (Å²) in [5.41, 5.74) is 7.79. The van der Waals surface area contributed by atoms with Crippen molar-refractivity contribution in [3.05, 3.63) is 54.1 Å². The van der Waals surface area contributed by atoms with Crippen LogP contribution in [0.25, 0.3) is 0 Å². The van der Waals surface area contributed by atoms with E-state index in [0.29, 0.717) is 17.9 Å². The lowest BCUT2D eigenvalue weighted by molar-refractivity contribution is 0.598. The monoisotopic (exact) mass is 277 g/mol. The summed E-state index contributed by atoms with van der Waals surface area (Å²) in [7, 11) is -3.73. The van der Waals surface area contributed by atoms with E-state index in [2.05, 4.69) is 5.32 Å². The molecule has 0 atom stereocenters. The third kappa shape index (κ3) is 3.46. The smallest absolute Gasteiger partial charge is 0.240 e. The largest absolute Gasteiger partial charge is 0.399 e. The average molecular weight is 277 g/mol. The van der Waals surface area contributed by atoms with E-state index in [-0.39, 0.29) is 4.90 Å². The minimum absolute atomic E-state index is 0.0823. The van der Waals surface area contributed by atoms with Gasteiger partial charge in [-0.05, 0) is 29.8 Å². The van der Waals surface area contributed by atoms with Gasteiger partial charge in [-0.15, -0.1) is 0 Å². The van der Waals surface area contributed by atoms with E-state index >= 15 is 0 Å². The topological polar surface area (TPSA) is 98.2 Å². The first kappa shape index (κ1) is 13.4. The maximum Gasteiger partial charge on any atom is 0.240 e. The van der Waals surface area contributed by atoms with Crippen LogP contribution >= 0.6 is 0 Å². The molecule has 0 spiro atoms. The number of nitrogen functional groups attached to an aromatic ring is 1. The molecule has 19 heavy (non-hydrogen) atoms. The highest BCUT2D eigenvalue weighted by Crippen LogP contribution is 2.20. The third-order valence-electron chi connectivity index (χ3n) is 2.63. The number of anilines is 2. The van der Waals surface area contributed by atoms with E-state index in [9.17, 15) is 8.42 Å². The lowest BCUT2D eigenvalue weighted by Crippen LogP contribution is -2.15. The van der Waals surface area contributed by atoms with Crippen LogP contribution in [0.15, 0.2) is 53.4 Å². The number of rotatable bonds is 4. The molecule has 0 heterocycles. The van der Waals surface area contributed by atoms with E-state index in [4.69, 9.17) is 10.9 Å². The minimum Gasteiger partial charge on any atom is -0.399 e. The Morgan fingerprint density at radius 1 is 1.05 bits per heavy atom. The van der Waals surface area contributed by atoms with E-state index in [0.717, 1.165) is 5.56 Å². The fourth-order valence-electron chi connectivity index (χ4n) is 1.76. The van der Waals surface area contributed by atoms with Gasteiger partial charge in [0.25, 0.3) is 0 Å². The maximum atomic E-state index is 11.4. The van der Waals surface area contributed by atoms with Gasteiger partial charge in [0.15, 0.2) is 0 Å². The Hall–Kier alpha value is -2.05. The van der Waals surface area contributed by atoms with Crippen molar-refractivity contribution in [2.24, 2.45) is 5.14 Å². The van der Waals surface area contributed by atoms with E-state index in [1.807, 2.05) is 18.2 Å². The standard InChI is InChI=1S/C13H15N3O2S/c14-11-5-3-4-10(8-11)9-16-12-6-1-2-7-13(12)19(15,17)18/h1-8,16H,9,14H2,(H2,15,17,18). The molecule has 0 unspecified atom stereocenters. The van der Waals surface area contributed by atoms with Crippen LogP contribution in [0.5, 0.6) is 0 Å². The zero-order valence-electron chi connectivity index (χ0n) is 10.2. The molecule has 0 aromatic heterocycles. The van der Waals surface area contributed by atoms with E-state index < -0.39 is 10.0 Å². The SMILES string of the molecule is Nc1cccc(CNc2ccccc2S(N)(=O)=O)c1. The highest BCUT2D eigenvalue weighted by Gasteiger charge is 2.12. The molecular formula is C13H15N3O2S. The molecule has 2 rings (SSSR count). The zero-order valence-corrected chi connectivity index (χ0v) is 11.0. The molecule has 0 aliphatic rings. The number of primary sulfonamides is 1. The molecule has 2 aromatic carbocycles. The predicted octanol–water partition coefficient (Wildman–Crippen LogP) is 1.53. The summed E-state index contributed by atoms with van der Waals surface area (Å²) in [5.74, 6) is 0. The first-order valence-corrected chi connectivity index (χ1v) is 7.21. The van der Waals surface area contributed by atoms with Gasteiger partial charge in [-0.1, -0.05) is 24.3 Å². The molecule has 0 aliphatic carbocycles. The van der Waals surface area contributed by atoms with Crippen LogP contribution in [0, 0.1) is 0 Å². The number of hydrogen-bond acceptors (Lipinski definition) is 4. The van der Waals surface area contributed by atoms with Gasteiger partial charge in [-0.3, -0.25) is 0 Å². The van der Waals surface area contributed by atoms with Crippen molar-refractivity contribution in [3.63, 3.8) is 0 Å². The first-order valence-electron chi connectivity index (χ1n) is 5.67. The quantitative estimate of drug-likeness (QED) is 0.738. The summed E-state index contributed by atoms with van der Waals surface area (Å²) in [4.78, 5) is 0.0823. The summed E-state index contributed by atoms with van der Waals surface area (Å²) in [6.45, 7) is 0.470. The average Bonchev–Trinajstić information content (AvgIpc) is 2.36. The summed E-state index contributed by atoms with van der Waals surface area (Å²) in [6.07, 6.45) is 0. The second-order valence-corrected chi connectivity index (χ2v) is 5.67. The third-order valence-corrected chi connectivity index (χ3v) is 3.60. The lowest BCUT2D eigenvalue weighted by Gasteiger charge is -2.10. The predicted molar refractivity (Wildman–Crippen MR) is 76.0 cm³/mol. The second-order valence-electron chi connectivity index (χ2n) is 4.14. The molecule has 6 heteroatoms. The number of hydrogen-bond donors (Lipinski definition) is 3. The Balaban J connectivity index is 2.21.